The average molecular weight is 401 g/mol. The molecule has 0 radical (unpaired) electrons. The Labute approximate surface area is 177 Å². The zero-order valence-corrected chi connectivity index (χ0v) is 17.6. The lowest BCUT2D eigenvalue weighted by atomic mass is 9.95. The molecule has 4 rings (SSSR count). The van der Waals surface area contributed by atoms with Crippen molar-refractivity contribution in [1.82, 2.24) is 15.1 Å². The van der Waals surface area contributed by atoms with Gasteiger partial charge in [0.25, 0.3) is 0 Å². The third kappa shape index (κ3) is 4.52. The fourth-order valence-corrected chi connectivity index (χ4v) is 3.68. The molecular formula is C25H28N4O. The van der Waals surface area contributed by atoms with E-state index < -0.39 is 0 Å². The molecule has 30 heavy (non-hydrogen) atoms. The van der Waals surface area contributed by atoms with Crippen LogP contribution in [0.15, 0.2) is 61.2 Å². The summed E-state index contributed by atoms with van der Waals surface area (Å²) in [4.78, 5) is 13.6. The molecule has 0 unspecified atom stereocenters. The van der Waals surface area contributed by atoms with E-state index in [4.69, 9.17) is 0 Å². The summed E-state index contributed by atoms with van der Waals surface area (Å²) in [5.41, 5.74) is 7.18. The maximum atomic E-state index is 11.3. The zero-order valence-electron chi connectivity index (χ0n) is 17.6. The Hall–Kier alpha value is -3.18. The molecule has 1 aliphatic rings. The van der Waals surface area contributed by atoms with Crippen molar-refractivity contribution in [2.75, 3.05) is 18.4 Å². The Kier molecular flexibility index (Phi) is 5.81. The van der Waals surface area contributed by atoms with Gasteiger partial charge < -0.3 is 5.32 Å². The number of ketones is 1. The fourth-order valence-electron chi connectivity index (χ4n) is 3.68. The molecule has 2 heterocycles. The van der Waals surface area contributed by atoms with E-state index in [9.17, 15) is 4.79 Å². The van der Waals surface area contributed by atoms with Crippen molar-refractivity contribution < 1.29 is 4.79 Å². The largest absolute Gasteiger partial charge is 0.354 e. The van der Waals surface area contributed by atoms with Gasteiger partial charge in [-0.05, 0) is 42.7 Å². The van der Waals surface area contributed by atoms with Crippen molar-refractivity contribution in [3.8, 4) is 11.3 Å². The van der Waals surface area contributed by atoms with E-state index in [1.165, 1.54) is 11.1 Å². The number of carbonyl (C=O) groups is 1. The number of hydrogen-bond donors (Lipinski definition) is 2. The predicted molar refractivity (Wildman–Crippen MR) is 122 cm³/mol. The van der Waals surface area contributed by atoms with Gasteiger partial charge in [0, 0.05) is 36.8 Å². The van der Waals surface area contributed by atoms with Gasteiger partial charge in [0.05, 0.1) is 17.1 Å². The van der Waals surface area contributed by atoms with Crippen molar-refractivity contribution in [3.63, 3.8) is 0 Å². The number of benzene rings is 2. The maximum absolute atomic E-state index is 11.3. The topological polar surface area (TPSA) is 61.0 Å². The highest BCUT2D eigenvalue weighted by Gasteiger charge is 2.29. The molecule has 1 aliphatic heterocycles. The molecule has 0 aliphatic carbocycles. The monoisotopic (exact) mass is 400 g/mol. The molecule has 5 nitrogen and oxygen atoms in total. The highest BCUT2D eigenvalue weighted by Crippen LogP contribution is 2.24. The average Bonchev–Trinajstić information content (AvgIpc) is 3.22. The minimum Gasteiger partial charge on any atom is -0.354 e. The molecule has 0 saturated carbocycles. The molecule has 2 N–H and O–H groups in total. The molecule has 3 aromatic rings. The van der Waals surface area contributed by atoms with E-state index in [-0.39, 0.29) is 5.92 Å². The highest BCUT2D eigenvalue weighted by molar-refractivity contribution is 5.79. The van der Waals surface area contributed by atoms with Crippen LogP contribution in [-0.4, -0.2) is 34.0 Å². The van der Waals surface area contributed by atoms with Gasteiger partial charge in [-0.1, -0.05) is 49.9 Å². The Morgan fingerprint density at radius 2 is 1.80 bits per heavy atom. The molecule has 154 valence electrons. The van der Waals surface area contributed by atoms with Crippen LogP contribution in [0.4, 0.5) is 5.69 Å². The van der Waals surface area contributed by atoms with E-state index in [1.54, 1.807) is 6.92 Å². The number of nitrogens with one attached hydrogen (secondary N) is 2. The van der Waals surface area contributed by atoms with Gasteiger partial charge in [-0.15, -0.1) is 0 Å². The number of aryl methyl sites for hydroxylation is 1. The van der Waals surface area contributed by atoms with Gasteiger partial charge in [0.15, 0.2) is 0 Å². The summed E-state index contributed by atoms with van der Waals surface area (Å²) >= 11 is 0. The van der Waals surface area contributed by atoms with Gasteiger partial charge in [0.1, 0.15) is 5.78 Å². The van der Waals surface area contributed by atoms with Crippen LogP contribution in [0.1, 0.15) is 30.7 Å². The first-order valence-corrected chi connectivity index (χ1v) is 10.4. The van der Waals surface area contributed by atoms with Crippen LogP contribution in [0.5, 0.6) is 0 Å². The van der Waals surface area contributed by atoms with Gasteiger partial charge >= 0.3 is 0 Å². The number of H-pyrrole nitrogens is 1. The zero-order chi connectivity index (χ0) is 21.1. The Bertz CT molecular complexity index is 1030. The maximum Gasteiger partial charge on any atom is 0.135 e. The standard InChI is InChI=1S/C25H28N4O/c1-4-19-5-9-21(10-6-19)25-13-24(27-28-25)17(2)26-23-11-7-20(8-12-23)14-29-15-22(16-29)18(3)30/h5-13,22,26H,2,4,14-16H2,1,3H3,(H,27,28). The number of nitrogens with zero attached hydrogens (tertiary/aromatic N) is 2. The van der Waals surface area contributed by atoms with Crippen LogP contribution in [0.25, 0.3) is 17.0 Å². The van der Waals surface area contributed by atoms with E-state index >= 15 is 0 Å². The molecule has 5 heteroatoms. The summed E-state index contributed by atoms with van der Waals surface area (Å²) in [7, 11) is 0. The van der Waals surface area contributed by atoms with Crippen LogP contribution < -0.4 is 5.32 Å². The molecule has 1 saturated heterocycles. The van der Waals surface area contributed by atoms with Gasteiger partial charge in [0.2, 0.25) is 0 Å². The van der Waals surface area contributed by atoms with E-state index in [1.807, 2.05) is 6.07 Å². The van der Waals surface area contributed by atoms with Crippen molar-refractivity contribution in [3.05, 3.63) is 78.0 Å². The molecule has 1 aromatic heterocycles. The van der Waals surface area contributed by atoms with Crippen molar-refractivity contribution in [1.29, 1.82) is 0 Å². The van der Waals surface area contributed by atoms with Crippen LogP contribution in [0.2, 0.25) is 0 Å². The first kappa shape index (κ1) is 20.1. The van der Waals surface area contributed by atoms with Crippen LogP contribution in [0, 0.1) is 5.92 Å². The normalized spacial score (nSPS) is 14.3. The van der Waals surface area contributed by atoms with Gasteiger partial charge in [-0.3, -0.25) is 14.8 Å². The Morgan fingerprint density at radius 3 is 2.43 bits per heavy atom. The van der Waals surface area contributed by atoms with E-state index in [2.05, 4.69) is 82.4 Å². The third-order valence-electron chi connectivity index (χ3n) is 5.75. The van der Waals surface area contributed by atoms with Crippen LogP contribution in [-0.2, 0) is 17.8 Å². The molecule has 0 bridgehead atoms. The number of hydrogen-bond acceptors (Lipinski definition) is 4. The summed E-state index contributed by atoms with van der Waals surface area (Å²) in [5, 5.41) is 10.9. The summed E-state index contributed by atoms with van der Waals surface area (Å²) < 4.78 is 0. The number of anilines is 1. The lowest BCUT2D eigenvalue weighted by Crippen LogP contribution is -2.48. The van der Waals surface area contributed by atoms with Crippen LogP contribution >= 0.6 is 0 Å². The highest BCUT2D eigenvalue weighted by atomic mass is 16.1. The second-order valence-corrected chi connectivity index (χ2v) is 8.02. The number of Topliss-reactive ketones (excluding diaryl/α,β-unsaturated/α-hetero) is 1. The fraction of sp³-hybridized carbons (Fsp3) is 0.280. The predicted octanol–water partition coefficient (Wildman–Crippen LogP) is 4.74. The molecule has 0 spiro atoms. The Balaban J connectivity index is 1.34. The molecule has 1 fully saturated rings. The van der Waals surface area contributed by atoms with Gasteiger partial charge in [-0.25, -0.2) is 0 Å². The minimum absolute atomic E-state index is 0.221. The van der Waals surface area contributed by atoms with Crippen molar-refractivity contribution in [2.24, 2.45) is 5.92 Å². The first-order chi connectivity index (χ1) is 14.5. The SMILES string of the molecule is C=C(Nc1ccc(CN2CC(C(C)=O)C2)cc1)c1cc(-c2ccc(CC)cc2)n[nH]1. The number of likely N-dealkylation sites (tertiary alicyclic amines) is 1. The summed E-state index contributed by atoms with van der Waals surface area (Å²) in [6.07, 6.45) is 1.03. The lowest BCUT2D eigenvalue weighted by molar-refractivity contribution is -0.126. The summed E-state index contributed by atoms with van der Waals surface area (Å²) in [6, 6.07) is 18.8. The number of aromatic nitrogens is 2. The van der Waals surface area contributed by atoms with Crippen molar-refractivity contribution in [2.45, 2.75) is 26.8 Å². The number of rotatable bonds is 8. The number of aromatic amines is 1. The quantitative estimate of drug-likeness (QED) is 0.573. The third-order valence-corrected chi connectivity index (χ3v) is 5.75. The molecule has 2 aromatic carbocycles. The minimum atomic E-state index is 0.221. The van der Waals surface area contributed by atoms with E-state index in [0.29, 0.717) is 5.78 Å². The second kappa shape index (κ2) is 8.67. The first-order valence-electron chi connectivity index (χ1n) is 10.4. The smallest absolute Gasteiger partial charge is 0.135 e. The van der Waals surface area contributed by atoms with E-state index in [0.717, 1.165) is 54.4 Å². The molecule has 0 amide bonds. The van der Waals surface area contributed by atoms with Crippen LogP contribution in [0.3, 0.4) is 0 Å². The second-order valence-electron chi connectivity index (χ2n) is 8.02. The lowest BCUT2D eigenvalue weighted by Gasteiger charge is -2.37. The summed E-state index contributed by atoms with van der Waals surface area (Å²) in [5.74, 6) is 0.516. The van der Waals surface area contributed by atoms with Gasteiger partial charge in [-0.2, -0.15) is 5.10 Å². The number of carbonyl (C=O) groups excluding carboxylic acids is 1. The molecular weight excluding hydrogens is 372 g/mol. The molecule has 0 atom stereocenters. The summed E-state index contributed by atoms with van der Waals surface area (Å²) in [6.45, 7) is 10.6. The van der Waals surface area contributed by atoms with Crippen molar-refractivity contribution >= 4 is 17.2 Å². The Morgan fingerprint density at radius 1 is 1.13 bits per heavy atom.